The lowest BCUT2D eigenvalue weighted by Crippen LogP contribution is -2.23. The Morgan fingerprint density at radius 2 is 2.16 bits per heavy atom. The topological polar surface area (TPSA) is 99.5 Å². The van der Waals surface area contributed by atoms with Crippen molar-refractivity contribution in [2.75, 3.05) is 43.5 Å². The van der Waals surface area contributed by atoms with Crippen LogP contribution < -0.4 is 15.4 Å². The lowest BCUT2D eigenvalue weighted by molar-refractivity contribution is -0.111. The van der Waals surface area contributed by atoms with Crippen molar-refractivity contribution in [2.24, 2.45) is 0 Å². The van der Waals surface area contributed by atoms with E-state index in [-0.39, 0.29) is 12.0 Å². The number of fused-ring (bicyclic) bond motifs is 1. The zero-order valence-corrected chi connectivity index (χ0v) is 21.7. The molecule has 0 aliphatic carbocycles. The molecule has 1 amide bonds. The lowest BCUT2D eigenvalue weighted by atomic mass is 10.1. The summed E-state index contributed by atoms with van der Waals surface area (Å²) in [7, 11) is 0. The van der Waals surface area contributed by atoms with Crippen molar-refractivity contribution in [1.29, 1.82) is 5.26 Å². The normalized spacial score (nSPS) is 14.9. The van der Waals surface area contributed by atoms with Gasteiger partial charge in [-0.3, -0.25) is 9.78 Å². The van der Waals surface area contributed by atoms with Crippen LogP contribution in [0.25, 0.3) is 10.9 Å². The molecule has 1 aromatic heterocycles. The minimum absolute atomic E-state index is 0.121. The quantitative estimate of drug-likeness (QED) is 0.298. The van der Waals surface area contributed by atoms with Gasteiger partial charge in [0.1, 0.15) is 17.9 Å². The summed E-state index contributed by atoms with van der Waals surface area (Å²) in [5, 5.41) is 16.8. The van der Waals surface area contributed by atoms with Crippen molar-refractivity contribution in [1.82, 2.24) is 9.88 Å². The molecule has 1 atom stereocenters. The molecule has 8 nitrogen and oxygen atoms in total. The summed E-state index contributed by atoms with van der Waals surface area (Å²) >= 11 is 0. The molecule has 38 heavy (non-hydrogen) atoms. The first-order chi connectivity index (χ1) is 18.5. The number of pyridine rings is 1. The molecule has 1 fully saturated rings. The molecule has 1 aliphatic rings. The number of likely N-dealkylation sites (N-methyl/N-ethyl adjacent to an activating group) is 1. The number of nitrogens with one attached hydrogen (secondary N) is 2. The van der Waals surface area contributed by atoms with Crippen molar-refractivity contribution >= 4 is 33.9 Å². The highest BCUT2D eigenvalue weighted by molar-refractivity contribution is 6.04. The maximum absolute atomic E-state index is 12.9. The van der Waals surface area contributed by atoms with Crippen LogP contribution in [0.4, 0.5) is 17.1 Å². The number of nitrogens with zero attached hydrogens (tertiary/aromatic N) is 3. The van der Waals surface area contributed by atoms with Gasteiger partial charge in [-0.25, -0.2) is 0 Å². The maximum Gasteiger partial charge on any atom is 0.248 e. The minimum atomic E-state index is -0.273. The Bertz CT molecular complexity index is 1410. The summed E-state index contributed by atoms with van der Waals surface area (Å²) in [6.45, 7) is 7.77. The Labute approximate surface area is 223 Å². The molecule has 0 spiro atoms. The largest absolute Gasteiger partial charge is 0.486 e. The van der Waals surface area contributed by atoms with Crippen LogP contribution in [0, 0.1) is 23.7 Å². The number of ether oxygens (including phenoxy) is 2. The summed E-state index contributed by atoms with van der Waals surface area (Å²) in [6.07, 6.45) is 11.1. The number of carbonyl (C=O) groups is 1. The SMILES string of the molecule is C#Cc1cccc(Nc2c(C#N)cnc3cc(O[C@H]4CCOC4)c(NC(=O)/C=C/CN(CC)CC)cc23)c1. The Balaban J connectivity index is 1.72. The second-order valence-corrected chi connectivity index (χ2v) is 8.86. The summed E-state index contributed by atoms with van der Waals surface area (Å²) in [6, 6.07) is 13.2. The molecule has 2 N–H and O–H groups in total. The molecule has 1 aliphatic heterocycles. The van der Waals surface area contributed by atoms with Gasteiger partial charge in [0.2, 0.25) is 5.91 Å². The van der Waals surface area contributed by atoms with Gasteiger partial charge in [0, 0.05) is 47.9 Å². The van der Waals surface area contributed by atoms with Gasteiger partial charge in [0.15, 0.2) is 0 Å². The first-order valence-corrected chi connectivity index (χ1v) is 12.7. The van der Waals surface area contributed by atoms with E-state index >= 15 is 0 Å². The van der Waals surface area contributed by atoms with E-state index in [0.717, 1.165) is 25.2 Å². The number of carbonyl (C=O) groups excluding carboxylic acids is 1. The Morgan fingerprint density at radius 1 is 1.32 bits per heavy atom. The van der Waals surface area contributed by atoms with Gasteiger partial charge in [-0.05, 0) is 37.4 Å². The van der Waals surface area contributed by atoms with E-state index in [1.807, 2.05) is 30.3 Å². The van der Waals surface area contributed by atoms with Gasteiger partial charge in [-0.15, -0.1) is 6.42 Å². The van der Waals surface area contributed by atoms with Crippen molar-refractivity contribution < 1.29 is 14.3 Å². The van der Waals surface area contributed by atoms with Gasteiger partial charge in [-0.1, -0.05) is 31.9 Å². The standard InChI is InChI=1S/C30H31N5O3/c1-4-21-9-7-10-23(15-21)33-30-22(18-31)19-32-26-17-28(38-24-12-14-37-20-24)27(16-25(26)30)34-29(36)11-8-13-35(5-2)6-3/h1,7-11,15-17,19,24H,5-6,12-14,20H2,2-3H3,(H,32,33)(H,34,36)/b11-8+/t24-/m0/s1. The van der Waals surface area contributed by atoms with Crippen LogP contribution in [-0.2, 0) is 9.53 Å². The third kappa shape index (κ3) is 6.49. The molecule has 4 rings (SSSR count). The van der Waals surface area contributed by atoms with Gasteiger partial charge in [0.25, 0.3) is 0 Å². The number of rotatable bonds is 10. The van der Waals surface area contributed by atoms with Crippen LogP contribution in [0.5, 0.6) is 5.75 Å². The smallest absolute Gasteiger partial charge is 0.248 e. The number of hydrogen-bond acceptors (Lipinski definition) is 7. The molecule has 1 saturated heterocycles. The summed E-state index contributed by atoms with van der Waals surface area (Å²) in [5.74, 6) is 2.84. The van der Waals surface area contributed by atoms with E-state index in [1.54, 1.807) is 12.1 Å². The molecular formula is C30H31N5O3. The van der Waals surface area contributed by atoms with E-state index in [1.165, 1.54) is 12.3 Å². The van der Waals surface area contributed by atoms with Crippen LogP contribution in [0.15, 0.2) is 54.7 Å². The van der Waals surface area contributed by atoms with Gasteiger partial charge < -0.3 is 25.0 Å². The van der Waals surface area contributed by atoms with Gasteiger partial charge >= 0.3 is 0 Å². The molecule has 0 bridgehead atoms. The van der Waals surface area contributed by atoms with Crippen LogP contribution >= 0.6 is 0 Å². The van der Waals surface area contributed by atoms with Gasteiger partial charge in [0.05, 0.1) is 35.7 Å². The highest BCUT2D eigenvalue weighted by atomic mass is 16.5. The van der Waals surface area contributed by atoms with E-state index in [4.69, 9.17) is 15.9 Å². The second kappa shape index (κ2) is 12.7. The summed E-state index contributed by atoms with van der Waals surface area (Å²) < 4.78 is 11.7. The van der Waals surface area contributed by atoms with E-state index in [0.29, 0.717) is 58.9 Å². The molecule has 0 saturated carbocycles. The van der Waals surface area contributed by atoms with Crippen LogP contribution in [0.2, 0.25) is 0 Å². The zero-order chi connectivity index (χ0) is 26.9. The molecule has 2 heterocycles. The Hall–Kier alpha value is -4.37. The van der Waals surface area contributed by atoms with E-state index < -0.39 is 0 Å². The zero-order valence-electron chi connectivity index (χ0n) is 21.7. The number of hydrogen-bond donors (Lipinski definition) is 2. The first kappa shape index (κ1) is 26.7. The van der Waals surface area contributed by atoms with Gasteiger partial charge in [-0.2, -0.15) is 5.26 Å². The minimum Gasteiger partial charge on any atom is -0.486 e. The summed E-state index contributed by atoms with van der Waals surface area (Å²) in [4.78, 5) is 19.6. The molecule has 0 radical (unpaired) electrons. The number of terminal acetylenes is 1. The molecule has 194 valence electrons. The highest BCUT2D eigenvalue weighted by Gasteiger charge is 2.21. The predicted octanol–water partition coefficient (Wildman–Crippen LogP) is 4.84. The average molecular weight is 510 g/mol. The summed E-state index contributed by atoms with van der Waals surface area (Å²) in [5.41, 5.74) is 3.47. The van der Waals surface area contributed by atoms with Crippen LogP contribution in [-0.4, -0.2) is 54.7 Å². The fourth-order valence-corrected chi connectivity index (χ4v) is 4.22. The molecule has 8 heteroatoms. The third-order valence-electron chi connectivity index (χ3n) is 6.36. The van der Waals surface area contributed by atoms with Crippen molar-refractivity contribution in [3.05, 3.63) is 65.9 Å². The van der Waals surface area contributed by atoms with Crippen molar-refractivity contribution in [3.8, 4) is 24.2 Å². The van der Waals surface area contributed by atoms with Crippen molar-refractivity contribution in [3.63, 3.8) is 0 Å². The Morgan fingerprint density at radius 3 is 2.87 bits per heavy atom. The fourth-order valence-electron chi connectivity index (χ4n) is 4.22. The van der Waals surface area contributed by atoms with Crippen LogP contribution in [0.3, 0.4) is 0 Å². The number of benzene rings is 2. The van der Waals surface area contributed by atoms with Crippen molar-refractivity contribution in [2.45, 2.75) is 26.4 Å². The molecule has 0 unspecified atom stereocenters. The highest BCUT2D eigenvalue weighted by Crippen LogP contribution is 2.37. The number of amides is 1. The van der Waals surface area contributed by atoms with E-state index in [9.17, 15) is 10.1 Å². The number of aromatic nitrogens is 1. The fraction of sp³-hybridized carbons (Fsp3) is 0.300. The number of nitriles is 1. The third-order valence-corrected chi connectivity index (χ3v) is 6.36. The molecule has 2 aromatic carbocycles. The molecule has 3 aromatic rings. The number of anilines is 3. The maximum atomic E-state index is 12.9. The first-order valence-electron chi connectivity index (χ1n) is 12.7. The average Bonchev–Trinajstić information content (AvgIpc) is 3.45. The monoisotopic (exact) mass is 509 g/mol. The molecular weight excluding hydrogens is 478 g/mol. The van der Waals surface area contributed by atoms with Crippen LogP contribution in [0.1, 0.15) is 31.4 Å². The predicted molar refractivity (Wildman–Crippen MR) is 150 cm³/mol. The second-order valence-electron chi connectivity index (χ2n) is 8.86. The van der Waals surface area contributed by atoms with E-state index in [2.05, 4.69) is 46.4 Å². The lowest BCUT2D eigenvalue weighted by Gasteiger charge is -2.18. The Kier molecular flexibility index (Phi) is 8.94.